The summed E-state index contributed by atoms with van der Waals surface area (Å²) in [6, 6.07) is 0. The molecular formula is C12H14FN5O4. The number of nitrogen functional groups attached to an aromatic ring is 1. The van der Waals surface area contributed by atoms with Crippen LogP contribution in [0, 0.1) is 12.3 Å². The van der Waals surface area contributed by atoms with Crippen molar-refractivity contribution in [1.82, 2.24) is 19.5 Å². The minimum atomic E-state index is -2.96. The van der Waals surface area contributed by atoms with Gasteiger partial charge in [0, 0.05) is 0 Å². The van der Waals surface area contributed by atoms with Crippen LogP contribution in [0.5, 0.6) is 0 Å². The van der Waals surface area contributed by atoms with Gasteiger partial charge in [-0.3, -0.25) is 4.57 Å². The van der Waals surface area contributed by atoms with Crippen molar-refractivity contribution in [3.8, 4) is 12.3 Å². The molecule has 0 aliphatic heterocycles. The van der Waals surface area contributed by atoms with Crippen LogP contribution in [0.25, 0.3) is 11.2 Å². The van der Waals surface area contributed by atoms with E-state index >= 15 is 0 Å². The van der Waals surface area contributed by atoms with Crippen molar-refractivity contribution in [2.75, 3.05) is 18.9 Å². The second kappa shape index (κ2) is 6.20. The van der Waals surface area contributed by atoms with Crippen molar-refractivity contribution in [2.45, 2.75) is 18.2 Å². The van der Waals surface area contributed by atoms with E-state index in [1.54, 1.807) is 5.92 Å². The van der Waals surface area contributed by atoms with Crippen LogP contribution in [0.1, 0.15) is 6.23 Å². The van der Waals surface area contributed by atoms with E-state index in [4.69, 9.17) is 22.0 Å². The average molecular weight is 311 g/mol. The van der Waals surface area contributed by atoms with E-state index in [0.717, 1.165) is 6.33 Å². The number of ether oxygens (including phenoxy) is 1. The minimum absolute atomic E-state index is 0.0952. The highest BCUT2D eigenvalue weighted by Crippen LogP contribution is 2.27. The zero-order valence-corrected chi connectivity index (χ0v) is 11.3. The molecule has 2 aromatic rings. The van der Waals surface area contributed by atoms with Crippen LogP contribution >= 0.6 is 0 Å². The maximum Gasteiger partial charge on any atom is 0.271 e. The van der Waals surface area contributed by atoms with Crippen LogP contribution in [0.3, 0.4) is 0 Å². The number of terminal acetylenes is 1. The summed E-state index contributed by atoms with van der Waals surface area (Å²) < 4.78 is 20.5. The summed E-state index contributed by atoms with van der Waals surface area (Å²) >= 11 is 0. The third kappa shape index (κ3) is 2.70. The third-order valence-corrected chi connectivity index (χ3v) is 2.97. The summed E-state index contributed by atoms with van der Waals surface area (Å²) in [5.74, 6) is -1.14. The van der Waals surface area contributed by atoms with Gasteiger partial charge in [0.05, 0.1) is 12.9 Å². The predicted octanol–water partition coefficient (Wildman–Crippen LogP) is -1.43. The predicted molar refractivity (Wildman–Crippen MR) is 72.7 cm³/mol. The largest absolute Gasteiger partial charge is 0.392 e. The van der Waals surface area contributed by atoms with Crippen LogP contribution in [-0.2, 0) is 4.74 Å². The first kappa shape index (κ1) is 16.1. The van der Waals surface area contributed by atoms with E-state index in [1.807, 2.05) is 0 Å². The van der Waals surface area contributed by atoms with Crippen LogP contribution in [0.15, 0.2) is 12.7 Å². The first-order chi connectivity index (χ1) is 10.5. The fourth-order valence-corrected chi connectivity index (χ4v) is 1.80. The molecule has 3 atom stereocenters. The molecule has 0 aliphatic rings. The fraction of sp³-hybridized carbons (Fsp3) is 0.417. The normalized spacial score (nSPS) is 16.9. The number of nitrogens with two attached hydrogens (primary N) is 1. The number of halogens is 1. The number of fused-ring (bicyclic) bond motifs is 1. The number of alkyl halides is 1. The first-order valence-corrected chi connectivity index (χ1v) is 6.12. The molecule has 0 bridgehead atoms. The molecule has 0 fully saturated rings. The smallest absolute Gasteiger partial charge is 0.271 e. The number of aliphatic hydroxyl groups is 3. The number of hydrogen-bond donors (Lipinski definition) is 4. The number of imidazole rings is 1. The monoisotopic (exact) mass is 311 g/mol. The zero-order valence-electron chi connectivity index (χ0n) is 11.3. The Labute approximate surface area is 124 Å². The molecule has 0 spiro atoms. The van der Waals surface area contributed by atoms with Crippen molar-refractivity contribution < 1.29 is 24.4 Å². The number of aliphatic hydroxyl groups excluding tert-OH is 3. The second-order valence-electron chi connectivity index (χ2n) is 4.35. The molecule has 2 heterocycles. The van der Waals surface area contributed by atoms with E-state index in [0.29, 0.717) is 0 Å². The van der Waals surface area contributed by atoms with Gasteiger partial charge in [0.1, 0.15) is 18.5 Å². The standard InChI is InChI=1S/C12H14FN5O4/c1-2-7(21)12(13,4-20)22-8(3-19)18-6-17-9-10(14)15-5-16-11(9)18/h1,5-8,19-21H,3-4H2,(H2,14,15,16)/t7-,8+,12+/m0/s1. The van der Waals surface area contributed by atoms with E-state index < -0.39 is 31.4 Å². The Kier molecular flexibility index (Phi) is 4.53. The topological polar surface area (TPSA) is 140 Å². The molecule has 5 N–H and O–H groups in total. The van der Waals surface area contributed by atoms with Gasteiger partial charge in [-0.25, -0.2) is 19.3 Å². The third-order valence-electron chi connectivity index (χ3n) is 2.97. The van der Waals surface area contributed by atoms with Crippen LogP contribution in [0.4, 0.5) is 10.2 Å². The minimum Gasteiger partial charge on any atom is -0.392 e. The number of hydrogen-bond acceptors (Lipinski definition) is 8. The van der Waals surface area contributed by atoms with Gasteiger partial charge in [0.25, 0.3) is 5.85 Å². The maximum atomic E-state index is 14.4. The molecule has 0 unspecified atom stereocenters. The zero-order chi connectivity index (χ0) is 16.3. The van der Waals surface area contributed by atoms with Gasteiger partial charge in [-0.2, -0.15) is 0 Å². The molecule has 0 aromatic carbocycles. The molecule has 0 saturated carbocycles. The van der Waals surface area contributed by atoms with Gasteiger partial charge >= 0.3 is 0 Å². The molecule has 2 rings (SSSR count). The highest BCUT2D eigenvalue weighted by molar-refractivity contribution is 5.81. The van der Waals surface area contributed by atoms with Crippen LogP contribution in [-0.4, -0.2) is 60.0 Å². The summed E-state index contributed by atoms with van der Waals surface area (Å²) in [5.41, 5.74) is 6.04. The Morgan fingerprint density at radius 1 is 1.45 bits per heavy atom. The quantitative estimate of drug-likeness (QED) is 0.476. The number of nitrogens with zero attached hydrogens (tertiary/aromatic N) is 4. The SMILES string of the molecule is C#C[C@H](O)[C@@](F)(CO)O[C@H](CO)n1cnc2c(N)ncnc21. The molecule has 22 heavy (non-hydrogen) atoms. The van der Waals surface area contributed by atoms with Gasteiger partial charge < -0.3 is 25.8 Å². The van der Waals surface area contributed by atoms with Crippen molar-refractivity contribution >= 4 is 17.0 Å². The van der Waals surface area contributed by atoms with Crippen molar-refractivity contribution in [3.05, 3.63) is 12.7 Å². The van der Waals surface area contributed by atoms with Gasteiger partial charge in [-0.05, 0) is 0 Å². The van der Waals surface area contributed by atoms with Crippen molar-refractivity contribution in [2.24, 2.45) is 0 Å². The lowest BCUT2D eigenvalue weighted by Crippen LogP contribution is -2.45. The van der Waals surface area contributed by atoms with E-state index in [2.05, 4.69) is 15.0 Å². The molecule has 10 heteroatoms. The number of rotatable bonds is 6. The Balaban J connectivity index is 2.39. The Bertz CT molecular complexity index is 702. The lowest BCUT2D eigenvalue weighted by atomic mass is 10.2. The molecule has 2 aromatic heterocycles. The van der Waals surface area contributed by atoms with E-state index in [9.17, 15) is 14.6 Å². The molecule has 0 aliphatic carbocycles. The number of anilines is 1. The van der Waals surface area contributed by atoms with Crippen LogP contribution < -0.4 is 5.73 Å². The first-order valence-electron chi connectivity index (χ1n) is 6.12. The molecular weight excluding hydrogens is 297 g/mol. The molecule has 118 valence electrons. The molecule has 0 saturated heterocycles. The molecule has 0 amide bonds. The highest BCUT2D eigenvalue weighted by atomic mass is 19.2. The van der Waals surface area contributed by atoms with Gasteiger partial charge in [-0.15, -0.1) is 6.42 Å². The summed E-state index contributed by atoms with van der Waals surface area (Å²) in [4.78, 5) is 11.6. The summed E-state index contributed by atoms with van der Waals surface area (Å²) in [5, 5.41) is 27.9. The van der Waals surface area contributed by atoms with E-state index in [-0.39, 0.29) is 17.0 Å². The lowest BCUT2D eigenvalue weighted by Gasteiger charge is -2.30. The summed E-state index contributed by atoms with van der Waals surface area (Å²) in [6.45, 7) is -1.91. The van der Waals surface area contributed by atoms with E-state index in [1.165, 1.54) is 10.9 Å². The van der Waals surface area contributed by atoms with Gasteiger partial charge in [-0.1, -0.05) is 5.92 Å². The van der Waals surface area contributed by atoms with Gasteiger partial charge in [0.2, 0.25) is 0 Å². The Hall–Kier alpha value is -2.32. The number of aromatic nitrogens is 4. The Morgan fingerprint density at radius 2 is 2.18 bits per heavy atom. The van der Waals surface area contributed by atoms with Crippen molar-refractivity contribution in [3.63, 3.8) is 0 Å². The maximum absolute atomic E-state index is 14.4. The lowest BCUT2D eigenvalue weighted by molar-refractivity contribution is -0.257. The van der Waals surface area contributed by atoms with Crippen molar-refractivity contribution in [1.29, 1.82) is 0 Å². The van der Waals surface area contributed by atoms with Gasteiger partial charge in [0.15, 0.2) is 23.8 Å². The molecule has 9 nitrogen and oxygen atoms in total. The second-order valence-corrected chi connectivity index (χ2v) is 4.35. The van der Waals surface area contributed by atoms with Crippen LogP contribution in [0.2, 0.25) is 0 Å². The molecule has 0 radical (unpaired) electrons. The summed E-state index contributed by atoms with van der Waals surface area (Å²) in [6.07, 6.45) is 3.92. The Morgan fingerprint density at radius 3 is 2.77 bits per heavy atom. The average Bonchev–Trinajstić information content (AvgIpc) is 2.97. The highest BCUT2D eigenvalue weighted by Gasteiger charge is 2.41. The summed E-state index contributed by atoms with van der Waals surface area (Å²) in [7, 11) is 0. The fourth-order valence-electron chi connectivity index (χ4n) is 1.80.